The molecule has 0 saturated heterocycles. The third kappa shape index (κ3) is 1.59. The van der Waals surface area contributed by atoms with E-state index in [-0.39, 0.29) is 5.56 Å². The molecule has 0 aliphatic rings. The fraction of sp³-hybridized carbons (Fsp3) is 0.100. The molecule has 78 valence electrons. The minimum Gasteiger partial charge on any atom is -0.481 e. The summed E-state index contributed by atoms with van der Waals surface area (Å²) in [5, 5.41) is 8.85. The Morgan fingerprint density at radius 1 is 1.53 bits per heavy atom. The van der Waals surface area contributed by atoms with E-state index < -0.39 is 5.97 Å². The summed E-state index contributed by atoms with van der Waals surface area (Å²) in [7, 11) is 1.54. The van der Waals surface area contributed by atoms with Gasteiger partial charge in [0.25, 0.3) is 0 Å². The number of aromatic carboxylic acids is 1. The molecular weight excluding hydrogens is 262 g/mol. The van der Waals surface area contributed by atoms with Crippen LogP contribution >= 0.6 is 15.9 Å². The van der Waals surface area contributed by atoms with Crippen molar-refractivity contribution >= 4 is 27.4 Å². The zero-order chi connectivity index (χ0) is 11.0. The van der Waals surface area contributed by atoms with Gasteiger partial charge in [-0.1, -0.05) is 0 Å². The van der Waals surface area contributed by atoms with Crippen LogP contribution in [0.4, 0.5) is 0 Å². The number of ether oxygens (including phenoxy) is 1. The minimum atomic E-state index is -0.947. The van der Waals surface area contributed by atoms with Gasteiger partial charge in [0.1, 0.15) is 0 Å². The summed E-state index contributed by atoms with van der Waals surface area (Å²) in [6.07, 6.45) is 1.53. The molecule has 0 amide bonds. The van der Waals surface area contributed by atoms with Gasteiger partial charge in [-0.3, -0.25) is 4.40 Å². The molecule has 2 heterocycles. The molecule has 0 bridgehead atoms. The van der Waals surface area contributed by atoms with Gasteiger partial charge in [0.2, 0.25) is 5.88 Å². The van der Waals surface area contributed by atoms with E-state index in [0.29, 0.717) is 5.88 Å². The van der Waals surface area contributed by atoms with Crippen molar-refractivity contribution in [1.29, 1.82) is 0 Å². The van der Waals surface area contributed by atoms with Gasteiger partial charge in [0.05, 0.1) is 17.1 Å². The molecule has 2 aromatic rings. The average Bonchev–Trinajstić information content (AvgIpc) is 2.61. The highest BCUT2D eigenvalue weighted by Crippen LogP contribution is 2.27. The number of hydrogen-bond acceptors (Lipinski definition) is 2. The van der Waals surface area contributed by atoms with Crippen LogP contribution < -0.4 is 4.74 Å². The number of nitrogens with zero attached hydrogens (tertiary/aromatic N) is 1. The summed E-state index contributed by atoms with van der Waals surface area (Å²) in [5.41, 5.74) is 1.03. The summed E-state index contributed by atoms with van der Waals surface area (Å²) >= 11 is 3.33. The molecule has 1 N–H and O–H groups in total. The number of methoxy groups -OCH3 is 1. The third-order valence-electron chi connectivity index (χ3n) is 2.11. The molecule has 0 unspecified atom stereocenters. The lowest BCUT2D eigenvalue weighted by Crippen LogP contribution is -1.95. The maximum atomic E-state index is 10.8. The number of aromatic nitrogens is 1. The van der Waals surface area contributed by atoms with Gasteiger partial charge >= 0.3 is 5.97 Å². The number of carboxylic acids is 1. The topological polar surface area (TPSA) is 50.9 Å². The average molecular weight is 270 g/mol. The summed E-state index contributed by atoms with van der Waals surface area (Å²) in [6.45, 7) is 0. The molecule has 2 rings (SSSR count). The lowest BCUT2D eigenvalue weighted by Gasteiger charge is -2.05. The number of rotatable bonds is 2. The van der Waals surface area contributed by atoms with E-state index in [4.69, 9.17) is 9.84 Å². The summed E-state index contributed by atoms with van der Waals surface area (Å²) in [4.78, 5) is 10.8. The van der Waals surface area contributed by atoms with Crippen molar-refractivity contribution < 1.29 is 14.6 Å². The highest BCUT2D eigenvalue weighted by Gasteiger charge is 2.11. The van der Waals surface area contributed by atoms with E-state index >= 15 is 0 Å². The van der Waals surface area contributed by atoms with Crippen LogP contribution in [0.15, 0.2) is 28.9 Å². The van der Waals surface area contributed by atoms with Crippen molar-refractivity contribution in [3.63, 3.8) is 0 Å². The summed E-state index contributed by atoms with van der Waals surface area (Å²) in [6, 6.07) is 5.23. The van der Waals surface area contributed by atoms with Crippen molar-refractivity contribution in [2.45, 2.75) is 0 Å². The number of fused-ring (bicyclic) bond motifs is 1. The number of carboxylic acid groups (broad SMARTS) is 1. The zero-order valence-electron chi connectivity index (χ0n) is 7.90. The maximum absolute atomic E-state index is 10.8. The molecule has 5 heteroatoms. The predicted molar refractivity (Wildman–Crippen MR) is 58.6 cm³/mol. The Morgan fingerprint density at radius 2 is 2.27 bits per heavy atom. The van der Waals surface area contributed by atoms with E-state index in [1.807, 2.05) is 12.1 Å². The van der Waals surface area contributed by atoms with Crippen molar-refractivity contribution in [2.75, 3.05) is 7.11 Å². The van der Waals surface area contributed by atoms with Crippen molar-refractivity contribution in [3.05, 3.63) is 34.4 Å². The zero-order valence-corrected chi connectivity index (χ0v) is 9.48. The Labute approximate surface area is 94.2 Å². The molecule has 4 nitrogen and oxygen atoms in total. The second-order valence-corrected chi connectivity index (χ2v) is 3.87. The van der Waals surface area contributed by atoms with Gasteiger partial charge in [-0.25, -0.2) is 4.79 Å². The fourth-order valence-corrected chi connectivity index (χ4v) is 1.93. The van der Waals surface area contributed by atoms with Gasteiger partial charge in [0, 0.05) is 11.7 Å². The number of pyridine rings is 1. The maximum Gasteiger partial charge on any atom is 0.337 e. The van der Waals surface area contributed by atoms with Crippen molar-refractivity contribution in [1.82, 2.24) is 4.40 Å². The van der Waals surface area contributed by atoms with Crippen LogP contribution in [0.5, 0.6) is 5.88 Å². The summed E-state index contributed by atoms with van der Waals surface area (Å²) in [5.74, 6) is -0.364. The minimum absolute atomic E-state index is 0.242. The first kappa shape index (κ1) is 10.0. The molecule has 0 aliphatic carbocycles. The fourth-order valence-electron chi connectivity index (χ4n) is 1.44. The Hall–Kier alpha value is -1.49. The second-order valence-electron chi connectivity index (χ2n) is 3.02. The van der Waals surface area contributed by atoms with Gasteiger partial charge in [0.15, 0.2) is 0 Å². The first-order valence-electron chi connectivity index (χ1n) is 4.21. The van der Waals surface area contributed by atoms with Crippen molar-refractivity contribution in [2.24, 2.45) is 0 Å². The Bertz CT molecular complexity index is 533. The van der Waals surface area contributed by atoms with Crippen molar-refractivity contribution in [3.8, 4) is 5.88 Å². The van der Waals surface area contributed by atoms with Gasteiger partial charge < -0.3 is 9.84 Å². The molecule has 0 spiro atoms. The molecule has 0 aromatic carbocycles. The van der Waals surface area contributed by atoms with E-state index in [2.05, 4.69) is 15.9 Å². The first-order valence-corrected chi connectivity index (χ1v) is 5.00. The standard InChI is InChI=1S/C10H8BrNO3/c1-15-9-8(11)3-2-7-4-6(10(13)14)5-12(7)9/h2-5H,1H3,(H,13,14). The van der Waals surface area contributed by atoms with E-state index in [0.717, 1.165) is 9.99 Å². The van der Waals surface area contributed by atoms with Gasteiger partial charge in [-0.05, 0) is 34.1 Å². The predicted octanol–water partition coefficient (Wildman–Crippen LogP) is 2.41. The van der Waals surface area contributed by atoms with Gasteiger partial charge in [-0.2, -0.15) is 0 Å². The molecule has 2 aromatic heterocycles. The van der Waals surface area contributed by atoms with E-state index in [1.165, 1.54) is 6.20 Å². The second kappa shape index (κ2) is 3.58. The lowest BCUT2D eigenvalue weighted by atomic mass is 10.3. The number of hydrogen-bond donors (Lipinski definition) is 1. The summed E-state index contributed by atoms with van der Waals surface area (Å²) < 4.78 is 7.64. The highest BCUT2D eigenvalue weighted by molar-refractivity contribution is 9.10. The third-order valence-corrected chi connectivity index (χ3v) is 2.72. The SMILES string of the molecule is COc1c(Br)ccc2cc(C(=O)O)cn12. The van der Waals surface area contributed by atoms with E-state index in [9.17, 15) is 4.79 Å². The number of carbonyl (C=O) groups is 1. The molecule has 0 atom stereocenters. The van der Waals surface area contributed by atoms with Crippen LogP contribution in [-0.4, -0.2) is 22.6 Å². The Kier molecular flexibility index (Phi) is 2.40. The van der Waals surface area contributed by atoms with Gasteiger partial charge in [-0.15, -0.1) is 0 Å². The smallest absolute Gasteiger partial charge is 0.337 e. The molecular formula is C10H8BrNO3. The quantitative estimate of drug-likeness (QED) is 0.911. The molecule has 0 saturated carbocycles. The van der Waals surface area contributed by atoms with Crippen LogP contribution in [-0.2, 0) is 0 Å². The Balaban J connectivity index is 2.75. The molecule has 0 aliphatic heterocycles. The monoisotopic (exact) mass is 269 g/mol. The largest absolute Gasteiger partial charge is 0.481 e. The first-order chi connectivity index (χ1) is 7.13. The molecule has 0 radical (unpaired) electrons. The van der Waals surface area contributed by atoms with Crippen LogP contribution in [0.3, 0.4) is 0 Å². The van der Waals surface area contributed by atoms with Crippen LogP contribution in [0.25, 0.3) is 5.52 Å². The van der Waals surface area contributed by atoms with E-state index in [1.54, 1.807) is 17.6 Å². The Morgan fingerprint density at radius 3 is 2.87 bits per heavy atom. The van der Waals surface area contributed by atoms with Crippen LogP contribution in [0.1, 0.15) is 10.4 Å². The molecule has 15 heavy (non-hydrogen) atoms. The van der Waals surface area contributed by atoms with Crippen LogP contribution in [0.2, 0.25) is 0 Å². The lowest BCUT2D eigenvalue weighted by molar-refractivity contribution is 0.0697. The normalized spacial score (nSPS) is 10.5. The number of halogens is 1. The highest BCUT2D eigenvalue weighted by atomic mass is 79.9. The molecule has 0 fully saturated rings. The van der Waals surface area contributed by atoms with Crippen LogP contribution in [0, 0.1) is 0 Å².